The van der Waals surface area contributed by atoms with Gasteiger partial charge in [0.2, 0.25) is 0 Å². The highest BCUT2D eigenvalue weighted by Crippen LogP contribution is 2.29. The van der Waals surface area contributed by atoms with Gasteiger partial charge in [-0.05, 0) is 31.5 Å². The van der Waals surface area contributed by atoms with E-state index in [1.807, 2.05) is 13.8 Å². The molecular weight excluding hydrogens is 292 g/mol. The number of anilines is 2. The first-order chi connectivity index (χ1) is 9.85. The summed E-state index contributed by atoms with van der Waals surface area (Å²) in [7, 11) is -2.27. The molecule has 0 radical (unpaired) electrons. The summed E-state index contributed by atoms with van der Waals surface area (Å²) in [5.74, 6) is 0.428. The number of imidazole rings is 1. The minimum atomic E-state index is -3.84. The van der Waals surface area contributed by atoms with E-state index in [-0.39, 0.29) is 10.8 Å². The molecule has 0 aliphatic carbocycles. The zero-order valence-corrected chi connectivity index (χ0v) is 12.9. The van der Waals surface area contributed by atoms with Crippen molar-refractivity contribution < 1.29 is 13.2 Å². The predicted molar refractivity (Wildman–Crippen MR) is 80.8 cm³/mol. The van der Waals surface area contributed by atoms with E-state index in [4.69, 9.17) is 10.5 Å². The van der Waals surface area contributed by atoms with Crippen molar-refractivity contribution >= 4 is 21.5 Å². The van der Waals surface area contributed by atoms with Gasteiger partial charge in [-0.25, -0.2) is 4.98 Å². The molecule has 8 heteroatoms. The number of rotatable bonds is 5. The molecule has 1 aromatic heterocycles. The Morgan fingerprint density at radius 3 is 2.71 bits per heavy atom. The minimum Gasteiger partial charge on any atom is -0.492 e. The maximum atomic E-state index is 12.4. The number of nitrogens with zero attached hydrogens (tertiary/aromatic N) is 2. The highest BCUT2D eigenvalue weighted by molar-refractivity contribution is 7.92. The van der Waals surface area contributed by atoms with Crippen LogP contribution in [-0.4, -0.2) is 24.6 Å². The Hall–Kier alpha value is -2.22. The molecule has 1 aromatic carbocycles. The van der Waals surface area contributed by atoms with Crippen LogP contribution in [0.1, 0.15) is 12.5 Å². The molecule has 0 saturated heterocycles. The van der Waals surface area contributed by atoms with E-state index < -0.39 is 10.0 Å². The van der Waals surface area contributed by atoms with Gasteiger partial charge in [0.15, 0.2) is 10.8 Å². The maximum absolute atomic E-state index is 12.4. The van der Waals surface area contributed by atoms with Crippen LogP contribution in [0.2, 0.25) is 0 Å². The normalized spacial score (nSPS) is 11.4. The minimum absolute atomic E-state index is 0.0462. The van der Waals surface area contributed by atoms with Crippen molar-refractivity contribution in [1.82, 2.24) is 9.55 Å². The number of nitrogen functional groups attached to an aromatic ring is 1. The molecule has 0 saturated carbocycles. The first-order valence-corrected chi connectivity index (χ1v) is 7.86. The van der Waals surface area contributed by atoms with E-state index in [9.17, 15) is 8.42 Å². The van der Waals surface area contributed by atoms with Gasteiger partial charge in [-0.15, -0.1) is 0 Å². The van der Waals surface area contributed by atoms with E-state index in [0.717, 1.165) is 5.56 Å². The average molecular weight is 310 g/mol. The zero-order chi connectivity index (χ0) is 15.6. The van der Waals surface area contributed by atoms with Gasteiger partial charge in [-0.3, -0.25) is 4.72 Å². The molecule has 114 valence electrons. The number of aromatic nitrogens is 2. The van der Waals surface area contributed by atoms with Crippen LogP contribution < -0.4 is 15.2 Å². The lowest BCUT2D eigenvalue weighted by Crippen LogP contribution is -2.18. The lowest BCUT2D eigenvalue weighted by Gasteiger charge is -2.14. The second kappa shape index (κ2) is 5.65. The summed E-state index contributed by atoms with van der Waals surface area (Å²) >= 11 is 0. The number of ether oxygens (including phenoxy) is 1. The number of aryl methyl sites for hydroxylation is 2. The second-order valence-corrected chi connectivity index (χ2v) is 6.18. The number of hydrogen-bond acceptors (Lipinski definition) is 5. The van der Waals surface area contributed by atoms with Crippen molar-refractivity contribution in [2.45, 2.75) is 18.9 Å². The molecule has 1 heterocycles. The van der Waals surface area contributed by atoms with Gasteiger partial charge in [0.05, 0.1) is 18.6 Å². The molecule has 21 heavy (non-hydrogen) atoms. The largest absolute Gasteiger partial charge is 0.492 e. The smallest absolute Gasteiger partial charge is 0.281 e. The molecule has 0 bridgehead atoms. The van der Waals surface area contributed by atoms with Gasteiger partial charge in [-0.2, -0.15) is 8.42 Å². The Labute approximate surface area is 123 Å². The summed E-state index contributed by atoms with van der Waals surface area (Å²) in [6.07, 6.45) is 1.35. The third-order valence-electron chi connectivity index (χ3n) is 2.85. The van der Waals surface area contributed by atoms with E-state index in [1.54, 1.807) is 25.2 Å². The zero-order valence-electron chi connectivity index (χ0n) is 12.1. The van der Waals surface area contributed by atoms with Gasteiger partial charge in [0, 0.05) is 7.05 Å². The van der Waals surface area contributed by atoms with Crippen molar-refractivity contribution in [3.63, 3.8) is 0 Å². The first kappa shape index (κ1) is 15.2. The standard InChI is InChI=1S/C13H18N4O3S/c1-4-20-11-7-9(2)5-6-10(11)16-21(18,19)13-12(14)15-8-17(13)3/h5-8,16H,4,14H2,1-3H3. The summed E-state index contributed by atoms with van der Waals surface area (Å²) in [5.41, 5.74) is 6.96. The Kier molecular flexibility index (Phi) is 4.08. The third kappa shape index (κ3) is 3.10. The molecule has 0 fully saturated rings. The SMILES string of the molecule is CCOc1cc(C)ccc1NS(=O)(=O)c1c(N)ncn1C. The van der Waals surface area contributed by atoms with Crippen LogP contribution in [0.25, 0.3) is 0 Å². The quantitative estimate of drug-likeness (QED) is 0.872. The second-order valence-electron chi connectivity index (χ2n) is 4.58. The van der Waals surface area contributed by atoms with Crippen LogP contribution in [0.4, 0.5) is 11.5 Å². The van der Waals surface area contributed by atoms with Crippen molar-refractivity contribution in [1.29, 1.82) is 0 Å². The van der Waals surface area contributed by atoms with Crippen LogP contribution in [0.5, 0.6) is 5.75 Å². The van der Waals surface area contributed by atoms with Crippen LogP contribution in [0.3, 0.4) is 0 Å². The van der Waals surface area contributed by atoms with Gasteiger partial charge in [0.1, 0.15) is 5.75 Å². The average Bonchev–Trinajstić information content (AvgIpc) is 2.73. The van der Waals surface area contributed by atoms with Crippen LogP contribution in [0.15, 0.2) is 29.6 Å². The van der Waals surface area contributed by atoms with E-state index in [2.05, 4.69) is 9.71 Å². The third-order valence-corrected chi connectivity index (χ3v) is 4.34. The van der Waals surface area contributed by atoms with Gasteiger partial charge in [-0.1, -0.05) is 6.07 Å². The molecule has 0 spiro atoms. The molecule has 2 rings (SSSR count). The monoisotopic (exact) mass is 310 g/mol. The van der Waals surface area contributed by atoms with Crippen molar-refractivity contribution in [3.05, 3.63) is 30.1 Å². The molecule has 2 aromatic rings. The van der Waals surface area contributed by atoms with E-state index in [1.165, 1.54) is 10.9 Å². The first-order valence-electron chi connectivity index (χ1n) is 6.38. The Bertz CT molecular complexity index is 733. The Morgan fingerprint density at radius 1 is 1.43 bits per heavy atom. The fourth-order valence-electron chi connectivity index (χ4n) is 1.95. The number of benzene rings is 1. The fourth-order valence-corrected chi connectivity index (χ4v) is 3.26. The summed E-state index contributed by atoms with van der Waals surface area (Å²) < 4.78 is 34.2. The molecule has 7 nitrogen and oxygen atoms in total. The summed E-state index contributed by atoms with van der Waals surface area (Å²) in [6.45, 7) is 4.17. The van der Waals surface area contributed by atoms with Crippen LogP contribution in [0, 0.1) is 6.92 Å². The van der Waals surface area contributed by atoms with Crippen molar-refractivity contribution in [3.8, 4) is 5.75 Å². The molecule has 3 N–H and O–H groups in total. The maximum Gasteiger partial charge on any atom is 0.281 e. The highest BCUT2D eigenvalue weighted by Gasteiger charge is 2.23. The lowest BCUT2D eigenvalue weighted by molar-refractivity contribution is 0.342. The van der Waals surface area contributed by atoms with Gasteiger partial charge >= 0.3 is 0 Å². The summed E-state index contributed by atoms with van der Waals surface area (Å²) in [4.78, 5) is 3.79. The van der Waals surface area contributed by atoms with E-state index >= 15 is 0 Å². The molecule has 0 amide bonds. The highest BCUT2D eigenvalue weighted by atomic mass is 32.2. The summed E-state index contributed by atoms with van der Waals surface area (Å²) in [6, 6.07) is 5.23. The number of hydrogen-bond donors (Lipinski definition) is 2. The topological polar surface area (TPSA) is 99.2 Å². The van der Waals surface area contributed by atoms with Crippen LogP contribution >= 0.6 is 0 Å². The van der Waals surface area contributed by atoms with Gasteiger partial charge < -0.3 is 15.0 Å². The molecular formula is C13H18N4O3S. The van der Waals surface area contributed by atoms with Crippen LogP contribution in [-0.2, 0) is 17.1 Å². The van der Waals surface area contributed by atoms with Crippen molar-refractivity contribution in [2.75, 3.05) is 17.1 Å². The lowest BCUT2D eigenvalue weighted by atomic mass is 10.2. The van der Waals surface area contributed by atoms with Gasteiger partial charge in [0.25, 0.3) is 10.0 Å². The Balaban J connectivity index is 2.42. The predicted octanol–water partition coefficient (Wildman–Crippen LogP) is 1.51. The molecule has 0 unspecified atom stereocenters. The fraction of sp³-hybridized carbons (Fsp3) is 0.308. The Morgan fingerprint density at radius 2 is 2.14 bits per heavy atom. The van der Waals surface area contributed by atoms with E-state index in [0.29, 0.717) is 18.0 Å². The number of nitrogens with one attached hydrogen (secondary N) is 1. The summed E-state index contributed by atoms with van der Waals surface area (Å²) in [5, 5.41) is -0.0782. The molecule has 0 aliphatic heterocycles. The molecule has 0 aliphatic rings. The molecule has 0 atom stereocenters. The number of nitrogens with two attached hydrogens (primary N) is 1. The van der Waals surface area contributed by atoms with Crippen molar-refractivity contribution in [2.24, 2.45) is 7.05 Å². The number of sulfonamides is 1.